The van der Waals surface area contributed by atoms with Crippen LogP contribution in [0.25, 0.3) is 0 Å². The average Bonchev–Trinajstić information content (AvgIpc) is 2.49. The molecular formula is C17H17IN2O2. The maximum atomic E-state index is 12.0. The molecule has 5 heteroatoms. The van der Waals surface area contributed by atoms with Gasteiger partial charge in [0.05, 0.1) is 0 Å². The zero-order valence-electron chi connectivity index (χ0n) is 12.4. The molecule has 0 bridgehead atoms. The van der Waals surface area contributed by atoms with Crippen molar-refractivity contribution in [3.63, 3.8) is 0 Å². The minimum atomic E-state index is -0.681. The maximum Gasteiger partial charge on any atom is 0.314 e. The summed E-state index contributed by atoms with van der Waals surface area (Å²) in [7, 11) is 0. The number of para-hydroxylation sites is 1. The van der Waals surface area contributed by atoms with Gasteiger partial charge in [-0.3, -0.25) is 9.59 Å². The Kier molecular flexibility index (Phi) is 5.54. The molecule has 2 amide bonds. The first-order valence-corrected chi connectivity index (χ1v) is 8.02. The normalized spacial score (nSPS) is 10.4. The monoisotopic (exact) mass is 408 g/mol. The number of carbonyl (C=O) groups is 2. The van der Waals surface area contributed by atoms with Crippen molar-refractivity contribution in [2.75, 3.05) is 10.6 Å². The molecule has 0 spiro atoms. The van der Waals surface area contributed by atoms with E-state index in [1.165, 1.54) is 0 Å². The highest BCUT2D eigenvalue weighted by Crippen LogP contribution is 2.23. The number of amides is 2. The first kappa shape index (κ1) is 16.5. The molecule has 22 heavy (non-hydrogen) atoms. The summed E-state index contributed by atoms with van der Waals surface area (Å²) in [6, 6.07) is 14.7. The SMILES string of the molecule is CC(C)c1ccccc1NC(=O)C(=O)Nc1ccc(I)cc1. The number of anilines is 2. The number of halogens is 1. The van der Waals surface area contributed by atoms with E-state index in [9.17, 15) is 9.59 Å². The van der Waals surface area contributed by atoms with Gasteiger partial charge in [-0.05, 0) is 64.4 Å². The average molecular weight is 408 g/mol. The molecule has 0 aliphatic carbocycles. The van der Waals surface area contributed by atoms with Crippen LogP contribution in [0.5, 0.6) is 0 Å². The Labute approximate surface area is 143 Å². The van der Waals surface area contributed by atoms with Gasteiger partial charge in [0.15, 0.2) is 0 Å². The second kappa shape index (κ2) is 7.40. The van der Waals surface area contributed by atoms with Crippen LogP contribution in [-0.2, 0) is 9.59 Å². The van der Waals surface area contributed by atoms with Crippen molar-refractivity contribution in [1.82, 2.24) is 0 Å². The van der Waals surface area contributed by atoms with Gasteiger partial charge in [0, 0.05) is 14.9 Å². The quantitative estimate of drug-likeness (QED) is 0.596. The van der Waals surface area contributed by atoms with Crippen molar-refractivity contribution >= 4 is 45.8 Å². The number of hydrogen-bond donors (Lipinski definition) is 2. The van der Waals surface area contributed by atoms with Crippen LogP contribution in [0, 0.1) is 3.57 Å². The largest absolute Gasteiger partial charge is 0.318 e. The Morgan fingerprint density at radius 3 is 2.14 bits per heavy atom. The van der Waals surface area contributed by atoms with Crippen LogP contribution in [0.2, 0.25) is 0 Å². The van der Waals surface area contributed by atoms with E-state index in [1.54, 1.807) is 18.2 Å². The van der Waals surface area contributed by atoms with Crippen molar-refractivity contribution in [3.05, 3.63) is 57.7 Å². The van der Waals surface area contributed by atoms with E-state index in [0.29, 0.717) is 11.4 Å². The molecule has 0 radical (unpaired) electrons. The Morgan fingerprint density at radius 1 is 0.909 bits per heavy atom. The summed E-state index contributed by atoms with van der Waals surface area (Å²) in [4.78, 5) is 24.0. The summed E-state index contributed by atoms with van der Waals surface area (Å²) in [6.07, 6.45) is 0. The highest BCUT2D eigenvalue weighted by Gasteiger charge is 2.16. The molecule has 2 rings (SSSR count). The molecule has 0 fully saturated rings. The first-order valence-electron chi connectivity index (χ1n) is 6.94. The summed E-state index contributed by atoms with van der Waals surface area (Å²) in [6.45, 7) is 4.08. The van der Waals surface area contributed by atoms with Crippen LogP contribution < -0.4 is 10.6 Å². The van der Waals surface area contributed by atoms with Gasteiger partial charge in [-0.1, -0.05) is 32.0 Å². The lowest BCUT2D eigenvalue weighted by Crippen LogP contribution is -2.29. The van der Waals surface area contributed by atoms with Gasteiger partial charge in [-0.15, -0.1) is 0 Å². The Morgan fingerprint density at radius 2 is 1.50 bits per heavy atom. The number of benzene rings is 2. The van der Waals surface area contributed by atoms with Gasteiger partial charge >= 0.3 is 11.8 Å². The molecule has 114 valence electrons. The lowest BCUT2D eigenvalue weighted by atomic mass is 10.0. The zero-order valence-corrected chi connectivity index (χ0v) is 14.5. The molecular weight excluding hydrogens is 391 g/mol. The first-order chi connectivity index (χ1) is 10.5. The van der Waals surface area contributed by atoms with Gasteiger partial charge in [0.25, 0.3) is 0 Å². The molecule has 2 N–H and O–H groups in total. The fourth-order valence-electron chi connectivity index (χ4n) is 2.01. The smallest absolute Gasteiger partial charge is 0.314 e. The van der Waals surface area contributed by atoms with E-state index in [1.807, 2.05) is 44.2 Å². The lowest BCUT2D eigenvalue weighted by Gasteiger charge is -2.13. The van der Waals surface area contributed by atoms with Crippen molar-refractivity contribution in [1.29, 1.82) is 0 Å². The molecule has 0 heterocycles. The third-order valence-corrected chi connectivity index (χ3v) is 3.86. The van der Waals surface area contributed by atoms with Gasteiger partial charge in [-0.25, -0.2) is 0 Å². The van der Waals surface area contributed by atoms with Crippen LogP contribution in [-0.4, -0.2) is 11.8 Å². The topological polar surface area (TPSA) is 58.2 Å². The van der Waals surface area contributed by atoms with Crippen LogP contribution in [0.3, 0.4) is 0 Å². The second-order valence-corrected chi connectivity index (χ2v) is 6.40. The van der Waals surface area contributed by atoms with Crippen molar-refractivity contribution in [2.45, 2.75) is 19.8 Å². The molecule has 0 saturated heterocycles. The third-order valence-electron chi connectivity index (χ3n) is 3.14. The molecule has 0 aromatic heterocycles. The standard InChI is InChI=1S/C17H17IN2O2/c1-11(2)14-5-3-4-6-15(14)20-17(22)16(21)19-13-9-7-12(18)8-10-13/h3-11H,1-2H3,(H,19,21)(H,20,22). The van der Waals surface area contributed by atoms with Gasteiger partial charge in [-0.2, -0.15) is 0 Å². The highest BCUT2D eigenvalue weighted by molar-refractivity contribution is 14.1. The summed E-state index contributed by atoms with van der Waals surface area (Å²) in [5.41, 5.74) is 2.26. The summed E-state index contributed by atoms with van der Waals surface area (Å²) in [5, 5.41) is 5.25. The number of carbonyl (C=O) groups excluding carboxylic acids is 2. The van der Waals surface area contributed by atoms with Crippen molar-refractivity contribution in [3.8, 4) is 0 Å². The van der Waals surface area contributed by atoms with Gasteiger partial charge in [0.2, 0.25) is 0 Å². The predicted molar refractivity (Wildman–Crippen MR) is 96.9 cm³/mol. The fourth-order valence-corrected chi connectivity index (χ4v) is 2.37. The zero-order chi connectivity index (χ0) is 16.1. The highest BCUT2D eigenvalue weighted by atomic mass is 127. The Balaban J connectivity index is 2.06. The number of nitrogens with one attached hydrogen (secondary N) is 2. The molecule has 0 unspecified atom stereocenters. The summed E-state index contributed by atoms with van der Waals surface area (Å²) in [5.74, 6) is -1.10. The molecule has 4 nitrogen and oxygen atoms in total. The van der Waals surface area contributed by atoms with E-state index in [-0.39, 0.29) is 5.92 Å². The third kappa shape index (κ3) is 4.30. The minimum Gasteiger partial charge on any atom is -0.318 e. The number of rotatable bonds is 3. The van der Waals surface area contributed by atoms with Crippen molar-refractivity contribution < 1.29 is 9.59 Å². The molecule has 0 aliphatic rings. The van der Waals surface area contributed by atoms with Crippen LogP contribution in [0.4, 0.5) is 11.4 Å². The van der Waals surface area contributed by atoms with Gasteiger partial charge < -0.3 is 10.6 Å². The Hall–Kier alpha value is -1.89. The minimum absolute atomic E-state index is 0.260. The maximum absolute atomic E-state index is 12.0. The van der Waals surface area contributed by atoms with E-state index >= 15 is 0 Å². The van der Waals surface area contributed by atoms with Crippen LogP contribution in [0.15, 0.2) is 48.5 Å². The van der Waals surface area contributed by atoms with E-state index < -0.39 is 11.8 Å². The number of hydrogen-bond acceptors (Lipinski definition) is 2. The van der Waals surface area contributed by atoms with Crippen LogP contribution >= 0.6 is 22.6 Å². The molecule has 0 atom stereocenters. The Bertz CT molecular complexity index is 681. The predicted octanol–water partition coefficient (Wildman–Crippen LogP) is 3.99. The van der Waals surface area contributed by atoms with Crippen molar-refractivity contribution in [2.24, 2.45) is 0 Å². The summed E-state index contributed by atoms with van der Waals surface area (Å²) < 4.78 is 1.06. The molecule has 2 aromatic rings. The van der Waals surface area contributed by atoms with E-state index in [2.05, 4.69) is 33.2 Å². The van der Waals surface area contributed by atoms with Gasteiger partial charge in [0.1, 0.15) is 0 Å². The molecule has 2 aromatic carbocycles. The molecule has 0 aliphatic heterocycles. The van der Waals surface area contributed by atoms with E-state index in [4.69, 9.17) is 0 Å². The summed E-state index contributed by atoms with van der Waals surface area (Å²) >= 11 is 2.18. The van der Waals surface area contributed by atoms with E-state index in [0.717, 1.165) is 9.13 Å². The van der Waals surface area contributed by atoms with Crippen LogP contribution in [0.1, 0.15) is 25.3 Å². The molecule has 0 saturated carbocycles. The lowest BCUT2D eigenvalue weighted by molar-refractivity contribution is -0.133. The fraction of sp³-hybridized carbons (Fsp3) is 0.176. The second-order valence-electron chi connectivity index (χ2n) is 5.16.